The molecule has 1 atom stereocenters. The number of hydrogen-bond donors (Lipinski definition) is 3. The molecule has 0 spiro atoms. The molecule has 1 amide bonds. The average molecular weight is 499 g/mol. The molecule has 0 aromatic heterocycles. The number of benzene rings is 1. The van der Waals surface area contributed by atoms with E-state index < -0.39 is 0 Å². The predicted molar refractivity (Wildman–Crippen MR) is 127 cm³/mol. The molecular formula is C21H34IN5O. The summed E-state index contributed by atoms with van der Waals surface area (Å²) in [5.74, 6) is 0.848. The van der Waals surface area contributed by atoms with Crippen molar-refractivity contribution in [1.82, 2.24) is 15.5 Å². The number of nitrogens with one attached hydrogen (secondary N) is 3. The van der Waals surface area contributed by atoms with Crippen LogP contribution in [0.1, 0.15) is 44.6 Å². The first-order valence-corrected chi connectivity index (χ1v) is 10.2. The van der Waals surface area contributed by atoms with E-state index in [2.05, 4.69) is 38.0 Å². The lowest BCUT2D eigenvalue weighted by Gasteiger charge is -2.24. The van der Waals surface area contributed by atoms with Gasteiger partial charge in [0.15, 0.2) is 5.96 Å². The second-order valence-corrected chi connectivity index (χ2v) is 7.69. The van der Waals surface area contributed by atoms with Crippen LogP contribution in [-0.4, -0.2) is 55.5 Å². The maximum absolute atomic E-state index is 11.1. The molecule has 3 rings (SSSR count). The van der Waals surface area contributed by atoms with Crippen molar-refractivity contribution in [2.45, 2.75) is 57.5 Å². The number of carbonyl (C=O) groups is 1. The van der Waals surface area contributed by atoms with Gasteiger partial charge < -0.3 is 16.0 Å². The normalized spacial score (nSPS) is 20.6. The largest absolute Gasteiger partial charge is 0.356 e. The van der Waals surface area contributed by atoms with E-state index in [0.29, 0.717) is 6.04 Å². The topological polar surface area (TPSA) is 68.8 Å². The highest BCUT2D eigenvalue weighted by molar-refractivity contribution is 14.0. The van der Waals surface area contributed by atoms with Crippen LogP contribution in [0.3, 0.4) is 0 Å². The van der Waals surface area contributed by atoms with Crippen molar-refractivity contribution in [2.24, 2.45) is 4.99 Å². The molecule has 1 heterocycles. The Bertz CT molecular complexity index is 643. The summed E-state index contributed by atoms with van der Waals surface area (Å²) in [7, 11) is 1.83. The molecule has 1 saturated heterocycles. The summed E-state index contributed by atoms with van der Waals surface area (Å²) < 4.78 is 0. The lowest BCUT2D eigenvalue weighted by Crippen LogP contribution is -2.45. The van der Waals surface area contributed by atoms with Crippen molar-refractivity contribution in [1.29, 1.82) is 0 Å². The molecule has 1 aliphatic heterocycles. The van der Waals surface area contributed by atoms with Gasteiger partial charge in [-0.1, -0.05) is 25.0 Å². The van der Waals surface area contributed by atoms with Crippen LogP contribution in [0.15, 0.2) is 29.3 Å². The van der Waals surface area contributed by atoms with Crippen LogP contribution in [0.2, 0.25) is 0 Å². The number of likely N-dealkylation sites (tertiary alicyclic amines) is 1. The van der Waals surface area contributed by atoms with Gasteiger partial charge in [0.2, 0.25) is 5.91 Å². The Labute approximate surface area is 186 Å². The summed E-state index contributed by atoms with van der Waals surface area (Å²) in [6.45, 7) is 4.70. The molecule has 1 unspecified atom stereocenters. The second kappa shape index (κ2) is 11.6. The number of guanidine groups is 1. The molecule has 1 aliphatic carbocycles. The molecule has 1 aromatic rings. The lowest BCUT2D eigenvalue weighted by atomic mass is 10.1. The van der Waals surface area contributed by atoms with Gasteiger partial charge in [-0.15, -0.1) is 24.0 Å². The standard InChI is InChI=1S/C21H33N5O.HI/c1-16(27)24-18-9-7-17(8-10-18)11-13-23-21(22-2)25-19-12-14-26(15-19)20-5-3-4-6-20;/h7-10,19-20H,3-6,11-15H2,1-2H3,(H,24,27)(H2,22,23,25);1H. The molecule has 156 valence electrons. The van der Waals surface area contributed by atoms with Crippen LogP contribution in [0.25, 0.3) is 0 Å². The molecule has 1 saturated carbocycles. The number of hydrogen-bond acceptors (Lipinski definition) is 3. The molecule has 6 nitrogen and oxygen atoms in total. The van der Waals surface area contributed by atoms with E-state index in [1.165, 1.54) is 51.1 Å². The molecule has 3 N–H and O–H groups in total. The Morgan fingerprint density at radius 2 is 1.89 bits per heavy atom. The highest BCUT2D eigenvalue weighted by Gasteiger charge is 2.30. The van der Waals surface area contributed by atoms with Crippen LogP contribution in [0.4, 0.5) is 5.69 Å². The Kier molecular flexibility index (Phi) is 9.50. The van der Waals surface area contributed by atoms with Crippen LogP contribution in [0.5, 0.6) is 0 Å². The van der Waals surface area contributed by atoms with E-state index in [0.717, 1.165) is 37.2 Å². The number of amides is 1. The van der Waals surface area contributed by atoms with Crippen LogP contribution >= 0.6 is 24.0 Å². The number of halogens is 1. The van der Waals surface area contributed by atoms with Gasteiger partial charge in [-0.3, -0.25) is 14.7 Å². The first kappa shape index (κ1) is 22.9. The monoisotopic (exact) mass is 499 g/mol. The predicted octanol–water partition coefficient (Wildman–Crippen LogP) is 2.99. The molecule has 0 radical (unpaired) electrons. The number of rotatable bonds is 6. The van der Waals surface area contributed by atoms with Gasteiger partial charge in [0.25, 0.3) is 0 Å². The summed E-state index contributed by atoms with van der Waals surface area (Å²) >= 11 is 0. The van der Waals surface area contributed by atoms with Gasteiger partial charge in [-0.2, -0.15) is 0 Å². The summed E-state index contributed by atoms with van der Waals surface area (Å²) in [6.07, 6.45) is 7.66. The number of nitrogens with zero attached hydrogens (tertiary/aromatic N) is 2. The highest BCUT2D eigenvalue weighted by atomic mass is 127. The first-order chi connectivity index (χ1) is 13.1. The fourth-order valence-electron chi connectivity index (χ4n) is 4.18. The molecule has 1 aromatic carbocycles. The zero-order valence-electron chi connectivity index (χ0n) is 17.0. The van der Waals surface area contributed by atoms with Crippen molar-refractivity contribution in [3.05, 3.63) is 29.8 Å². The maximum Gasteiger partial charge on any atom is 0.221 e. The molecule has 7 heteroatoms. The Morgan fingerprint density at radius 1 is 1.18 bits per heavy atom. The molecule has 2 fully saturated rings. The Hall–Kier alpha value is -1.35. The third-order valence-corrected chi connectivity index (χ3v) is 5.61. The number of anilines is 1. The zero-order valence-corrected chi connectivity index (χ0v) is 19.4. The molecule has 0 bridgehead atoms. The molecular weight excluding hydrogens is 465 g/mol. The minimum Gasteiger partial charge on any atom is -0.356 e. The van der Waals surface area contributed by atoms with Crippen LogP contribution < -0.4 is 16.0 Å². The van der Waals surface area contributed by atoms with Crippen LogP contribution in [-0.2, 0) is 11.2 Å². The maximum atomic E-state index is 11.1. The molecule has 2 aliphatic rings. The van der Waals surface area contributed by atoms with Gasteiger partial charge in [-0.25, -0.2) is 0 Å². The van der Waals surface area contributed by atoms with E-state index in [4.69, 9.17) is 0 Å². The summed E-state index contributed by atoms with van der Waals surface area (Å²) in [4.78, 5) is 18.1. The van der Waals surface area contributed by atoms with Gasteiger partial charge in [-0.05, 0) is 43.4 Å². The summed E-state index contributed by atoms with van der Waals surface area (Å²) in [5, 5.41) is 9.80. The minimum atomic E-state index is -0.0438. The third kappa shape index (κ3) is 6.92. The van der Waals surface area contributed by atoms with Gasteiger partial charge in [0.05, 0.1) is 0 Å². The Morgan fingerprint density at radius 3 is 2.54 bits per heavy atom. The van der Waals surface area contributed by atoms with Crippen LogP contribution in [0, 0.1) is 0 Å². The molecule has 28 heavy (non-hydrogen) atoms. The van der Waals surface area contributed by atoms with E-state index >= 15 is 0 Å². The van der Waals surface area contributed by atoms with Crippen molar-refractivity contribution in [3.63, 3.8) is 0 Å². The summed E-state index contributed by atoms with van der Waals surface area (Å²) in [5.41, 5.74) is 2.07. The van der Waals surface area contributed by atoms with Crippen molar-refractivity contribution in [2.75, 3.05) is 32.0 Å². The Balaban J connectivity index is 0.00000280. The van der Waals surface area contributed by atoms with E-state index in [9.17, 15) is 4.79 Å². The quantitative estimate of drug-likeness (QED) is 0.320. The van der Waals surface area contributed by atoms with Gasteiger partial charge >= 0.3 is 0 Å². The van der Waals surface area contributed by atoms with Crippen molar-refractivity contribution < 1.29 is 4.79 Å². The lowest BCUT2D eigenvalue weighted by molar-refractivity contribution is -0.114. The first-order valence-electron chi connectivity index (χ1n) is 10.2. The second-order valence-electron chi connectivity index (χ2n) is 7.69. The van der Waals surface area contributed by atoms with E-state index in [-0.39, 0.29) is 29.9 Å². The van der Waals surface area contributed by atoms with E-state index in [1.807, 2.05) is 19.2 Å². The van der Waals surface area contributed by atoms with Crippen molar-refractivity contribution in [3.8, 4) is 0 Å². The SMILES string of the molecule is CN=C(NCCc1ccc(NC(C)=O)cc1)NC1CCN(C2CCCC2)C1.I. The third-order valence-electron chi connectivity index (χ3n) is 5.61. The van der Waals surface area contributed by atoms with E-state index in [1.54, 1.807) is 0 Å². The smallest absolute Gasteiger partial charge is 0.221 e. The number of aliphatic imine (C=N–C) groups is 1. The zero-order chi connectivity index (χ0) is 19.1. The summed E-state index contributed by atoms with van der Waals surface area (Å²) in [6, 6.07) is 9.31. The highest BCUT2D eigenvalue weighted by Crippen LogP contribution is 2.26. The van der Waals surface area contributed by atoms with Gasteiger partial charge in [0.1, 0.15) is 0 Å². The fraction of sp³-hybridized carbons (Fsp3) is 0.619. The van der Waals surface area contributed by atoms with Gasteiger partial charge in [0, 0.05) is 51.4 Å². The van der Waals surface area contributed by atoms with Crippen molar-refractivity contribution >= 4 is 41.5 Å². The average Bonchev–Trinajstić information content (AvgIpc) is 3.33. The minimum absolute atomic E-state index is 0. The number of carbonyl (C=O) groups excluding carboxylic acids is 1. The fourth-order valence-corrected chi connectivity index (χ4v) is 4.18.